The van der Waals surface area contributed by atoms with Gasteiger partial charge in [-0.25, -0.2) is 8.78 Å². The third kappa shape index (κ3) is 2.98. The van der Waals surface area contributed by atoms with Crippen molar-refractivity contribution in [2.75, 3.05) is 0 Å². The zero-order valence-corrected chi connectivity index (χ0v) is 11.7. The first kappa shape index (κ1) is 14.2. The SMILES string of the molecule is OC(Cc1ccc(F)c(F)c1)c1ccccc1C1CCC1. The van der Waals surface area contributed by atoms with E-state index in [1.165, 1.54) is 18.1 Å². The minimum absolute atomic E-state index is 0.293. The highest BCUT2D eigenvalue weighted by Gasteiger charge is 2.24. The lowest BCUT2D eigenvalue weighted by Gasteiger charge is -2.29. The molecule has 3 rings (SSSR count). The Hall–Kier alpha value is -1.74. The van der Waals surface area contributed by atoms with Crippen molar-refractivity contribution in [3.8, 4) is 0 Å². The van der Waals surface area contributed by atoms with Crippen LogP contribution in [0, 0.1) is 11.6 Å². The van der Waals surface area contributed by atoms with E-state index in [0.29, 0.717) is 17.9 Å². The molecule has 0 aromatic heterocycles. The van der Waals surface area contributed by atoms with Gasteiger partial charge in [0.05, 0.1) is 6.10 Å². The lowest BCUT2D eigenvalue weighted by molar-refractivity contribution is 0.175. The zero-order chi connectivity index (χ0) is 14.8. The van der Waals surface area contributed by atoms with Gasteiger partial charge in [0.2, 0.25) is 0 Å². The largest absolute Gasteiger partial charge is 0.388 e. The molecule has 0 amide bonds. The van der Waals surface area contributed by atoms with E-state index in [4.69, 9.17) is 0 Å². The lowest BCUT2D eigenvalue weighted by Crippen LogP contribution is -2.14. The van der Waals surface area contributed by atoms with Gasteiger partial charge in [-0.15, -0.1) is 0 Å². The molecule has 3 heteroatoms. The van der Waals surface area contributed by atoms with Crippen molar-refractivity contribution < 1.29 is 13.9 Å². The van der Waals surface area contributed by atoms with Gasteiger partial charge in [-0.2, -0.15) is 0 Å². The minimum Gasteiger partial charge on any atom is -0.388 e. The number of aliphatic hydroxyl groups is 1. The first-order valence-electron chi connectivity index (χ1n) is 7.36. The van der Waals surface area contributed by atoms with Crippen molar-refractivity contribution in [2.45, 2.75) is 37.7 Å². The van der Waals surface area contributed by atoms with Crippen LogP contribution in [0.3, 0.4) is 0 Å². The fourth-order valence-electron chi connectivity index (χ4n) is 2.91. The summed E-state index contributed by atoms with van der Waals surface area (Å²) in [7, 11) is 0. The van der Waals surface area contributed by atoms with Crippen LogP contribution in [0.25, 0.3) is 0 Å². The molecule has 1 nitrogen and oxygen atoms in total. The summed E-state index contributed by atoms with van der Waals surface area (Å²) in [6.45, 7) is 0. The smallest absolute Gasteiger partial charge is 0.159 e. The monoisotopic (exact) mass is 288 g/mol. The average molecular weight is 288 g/mol. The predicted octanol–water partition coefficient (Wildman–Crippen LogP) is 4.51. The van der Waals surface area contributed by atoms with Crippen LogP contribution in [0.5, 0.6) is 0 Å². The van der Waals surface area contributed by atoms with E-state index in [-0.39, 0.29) is 0 Å². The molecule has 1 aliphatic carbocycles. The maximum absolute atomic E-state index is 13.2. The summed E-state index contributed by atoms with van der Waals surface area (Å²) in [4.78, 5) is 0. The van der Waals surface area contributed by atoms with E-state index in [1.54, 1.807) is 0 Å². The van der Waals surface area contributed by atoms with Crippen molar-refractivity contribution in [2.24, 2.45) is 0 Å². The molecule has 1 N–H and O–H groups in total. The van der Waals surface area contributed by atoms with Gasteiger partial charge in [0.1, 0.15) is 0 Å². The molecule has 1 fully saturated rings. The summed E-state index contributed by atoms with van der Waals surface area (Å²) in [6, 6.07) is 11.7. The third-order valence-corrected chi connectivity index (χ3v) is 4.31. The van der Waals surface area contributed by atoms with Crippen molar-refractivity contribution in [1.82, 2.24) is 0 Å². The molecule has 0 spiro atoms. The van der Waals surface area contributed by atoms with Crippen LogP contribution in [0.4, 0.5) is 8.78 Å². The molecule has 0 radical (unpaired) electrons. The topological polar surface area (TPSA) is 20.2 Å². The second-order valence-corrected chi connectivity index (χ2v) is 5.73. The van der Waals surface area contributed by atoms with Crippen molar-refractivity contribution in [1.29, 1.82) is 0 Å². The molecule has 21 heavy (non-hydrogen) atoms. The minimum atomic E-state index is -0.869. The first-order valence-corrected chi connectivity index (χ1v) is 7.36. The van der Waals surface area contributed by atoms with Crippen LogP contribution in [0.1, 0.15) is 48.0 Å². The Bertz CT molecular complexity index is 635. The van der Waals surface area contributed by atoms with Crippen LogP contribution < -0.4 is 0 Å². The van der Waals surface area contributed by atoms with Gasteiger partial charge in [0.15, 0.2) is 11.6 Å². The molecule has 1 aliphatic rings. The van der Waals surface area contributed by atoms with Crippen molar-refractivity contribution in [3.63, 3.8) is 0 Å². The molecule has 0 heterocycles. The van der Waals surface area contributed by atoms with Crippen LogP contribution >= 0.6 is 0 Å². The van der Waals surface area contributed by atoms with Crippen LogP contribution in [0.2, 0.25) is 0 Å². The fraction of sp³-hybridized carbons (Fsp3) is 0.333. The van der Waals surface area contributed by atoms with Crippen LogP contribution in [-0.2, 0) is 6.42 Å². The first-order chi connectivity index (χ1) is 10.1. The number of rotatable bonds is 4. The summed E-state index contributed by atoms with van der Waals surface area (Å²) < 4.78 is 26.2. The summed E-state index contributed by atoms with van der Waals surface area (Å²) in [5.74, 6) is -1.20. The second kappa shape index (κ2) is 5.94. The average Bonchev–Trinajstić information content (AvgIpc) is 2.42. The molecule has 0 bridgehead atoms. The van der Waals surface area contributed by atoms with Gasteiger partial charge in [-0.3, -0.25) is 0 Å². The Balaban J connectivity index is 1.81. The van der Waals surface area contributed by atoms with E-state index >= 15 is 0 Å². The molecule has 1 atom stereocenters. The van der Waals surface area contributed by atoms with E-state index in [0.717, 1.165) is 30.5 Å². The van der Waals surface area contributed by atoms with Crippen molar-refractivity contribution in [3.05, 3.63) is 70.8 Å². The Kier molecular flexibility index (Phi) is 4.02. The highest BCUT2D eigenvalue weighted by molar-refractivity contribution is 5.34. The standard InChI is InChI=1S/C18H18F2O/c19-16-9-8-12(10-17(16)20)11-18(21)15-7-2-1-6-14(15)13-4-3-5-13/h1-2,6-10,13,18,21H,3-5,11H2. The van der Waals surface area contributed by atoms with Crippen LogP contribution in [-0.4, -0.2) is 5.11 Å². The Morgan fingerprint density at radius 1 is 1.05 bits per heavy atom. The van der Waals surface area contributed by atoms with E-state index in [1.807, 2.05) is 18.2 Å². The Labute approximate surface area is 123 Å². The van der Waals surface area contributed by atoms with Gasteiger partial charge in [-0.1, -0.05) is 36.8 Å². The number of hydrogen-bond acceptors (Lipinski definition) is 1. The molecular formula is C18H18F2O. The van der Waals surface area contributed by atoms with Gasteiger partial charge in [-0.05, 0) is 47.6 Å². The summed E-state index contributed by atoms with van der Waals surface area (Å²) in [5, 5.41) is 10.5. The zero-order valence-electron chi connectivity index (χ0n) is 11.7. The summed E-state index contributed by atoms with van der Waals surface area (Å²) in [6.07, 6.45) is 3.16. The highest BCUT2D eigenvalue weighted by atomic mass is 19.2. The van der Waals surface area contributed by atoms with Gasteiger partial charge >= 0.3 is 0 Å². The Morgan fingerprint density at radius 2 is 1.81 bits per heavy atom. The number of benzene rings is 2. The van der Waals surface area contributed by atoms with E-state index in [9.17, 15) is 13.9 Å². The van der Waals surface area contributed by atoms with Gasteiger partial charge in [0.25, 0.3) is 0 Å². The highest BCUT2D eigenvalue weighted by Crippen LogP contribution is 2.39. The third-order valence-electron chi connectivity index (χ3n) is 4.31. The van der Waals surface area contributed by atoms with Gasteiger partial charge in [0, 0.05) is 6.42 Å². The van der Waals surface area contributed by atoms with Crippen LogP contribution in [0.15, 0.2) is 42.5 Å². The maximum atomic E-state index is 13.2. The van der Waals surface area contributed by atoms with Crippen molar-refractivity contribution >= 4 is 0 Å². The molecule has 1 saturated carbocycles. The fourth-order valence-corrected chi connectivity index (χ4v) is 2.91. The predicted molar refractivity (Wildman–Crippen MR) is 78.1 cm³/mol. The van der Waals surface area contributed by atoms with E-state index in [2.05, 4.69) is 6.07 Å². The summed E-state index contributed by atoms with van der Waals surface area (Å²) >= 11 is 0. The number of aliphatic hydroxyl groups excluding tert-OH is 1. The molecule has 0 aliphatic heterocycles. The Morgan fingerprint density at radius 3 is 2.48 bits per heavy atom. The normalized spacial score (nSPS) is 16.5. The molecule has 2 aromatic carbocycles. The van der Waals surface area contributed by atoms with E-state index < -0.39 is 17.7 Å². The molecule has 110 valence electrons. The molecule has 0 saturated heterocycles. The molecule has 1 unspecified atom stereocenters. The summed E-state index contributed by atoms with van der Waals surface area (Å²) in [5.41, 5.74) is 2.70. The molecule has 2 aromatic rings. The number of halogens is 2. The van der Waals surface area contributed by atoms with Gasteiger partial charge < -0.3 is 5.11 Å². The second-order valence-electron chi connectivity index (χ2n) is 5.73. The molecular weight excluding hydrogens is 270 g/mol. The maximum Gasteiger partial charge on any atom is 0.159 e. The number of hydrogen-bond donors (Lipinski definition) is 1. The lowest BCUT2D eigenvalue weighted by atomic mass is 9.77. The quantitative estimate of drug-likeness (QED) is 0.877.